The van der Waals surface area contributed by atoms with Gasteiger partial charge < -0.3 is 10.6 Å². The molecule has 0 aromatic carbocycles. The minimum Gasteiger partial charge on any atom is -0.360 e. The fraction of sp³-hybridized carbons (Fsp3) is 0.875. The van der Waals surface area contributed by atoms with Crippen molar-refractivity contribution in [2.75, 3.05) is 6.54 Å². The summed E-state index contributed by atoms with van der Waals surface area (Å²) < 4.78 is 0. The molecule has 4 nitrogen and oxygen atoms in total. The number of hydrogen-bond acceptors (Lipinski definition) is 2. The van der Waals surface area contributed by atoms with Crippen molar-refractivity contribution in [2.24, 2.45) is 11.8 Å². The van der Waals surface area contributed by atoms with E-state index in [0.29, 0.717) is 5.92 Å². The minimum absolute atomic E-state index is 0.0589. The first kappa shape index (κ1) is 18.1. The summed E-state index contributed by atoms with van der Waals surface area (Å²) in [6.45, 7) is 4.38. The predicted molar refractivity (Wildman–Crippen MR) is 88.7 cm³/mol. The highest BCUT2D eigenvalue weighted by atomic mass is 16.2. The summed E-state index contributed by atoms with van der Waals surface area (Å²) in [6, 6.07) is 0. The Labute approximate surface area is 130 Å². The zero-order valence-electron chi connectivity index (χ0n) is 13.9. The van der Waals surface area contributed by atoms with Gasteiger partial charge in [0.1, 0.15) is 7.85 Å². The second-order valence-electron chi connectivity index (χ2n) is 6.86. The molecular weight excluding hydrogens is 263 g/mol. The molecule has 1 aliphatic rings. The number of carbonyl (C=O) groups is 2. The van der Waals surface area contributed by atoms with E-state index in [-0.39, 0.29) is 30.2 Å². The Bertz CT molecular complexity index is 326. The third kappa shape index (κ3) is 8.13. The Morgan fingerprint density at radius 2 is 1.67 bits per heavy atom. The zero-order chi connectivity index (χ0) is 15.7. The van der Waals surface area contributed by atoms with E-state index in [0.717, 1.165) is 32.1 Å². The van der Waals surface area contributed by atoms with Crippen LogP contribution >= 0.6 is 0 Å². The lowest BCUT2D eigenvalue weighted by molar-refractivity contribution is -0.129. The van der Waals surface area contributed by atoms with E-state index in [1.165, 1.54) is 19.3 Å². The first-order valence-corrected chi connectivity index (χ1v) is 8.56. The van der Waals surface area contributed by atoms with Gasteiger partial charge in [0, 0.05) is 5.92 Å². The molecule has 1 atom stereocenters. The molecule has 21 heavy (non-hydrogen) atoms. The SMILES string of the molecule is B[C@H](CC(C)C)NC(=O)CNC(=O)C1CCCCCCC1. The van der Waals surface area contributed by atoms with Gasteiger partial charge in [-0.25, -0.2) is 0 Å². The molecule has 1 aliphatic carbocycles. The van der Waals surface area contributed by atoms with Crippen LogP contribution in [-0.2, 0) is 9.59 Å². The van der Waals surface area contributed by atoms with Crippen LogP contribution in [0.4, 0.5) is 0 Å². The first-order chi connectivity index (χ1) is 9.99. The molecular formula is C16H31BN2O2. The van der Waals surface area contributed by atoms with Gasteiger partial charge in [-0.05, 0) is 31.1 Å². The quantitative estimate of drug-likeness (QED) is 0.731. The van der Waals surface area contributed by atoms with Gasteiger partial charge in [0.25, 0.3) is 0 Å². The Hall–Kier alpha value is -0.995. The fourth-order valence-corrected chi connectivity index (χ4v) is 3.12. The van der Waals surface area contributed by atoms with Gasteiger partial charge in [0.05, 0.1) is 6.54 Å². The van der Waals surface area contributed by atoms with Crippen molar-refractivity contribution in [3.63, 3.8) is 0 Å². The number of hydrogen-bond donors (Lipinski definition) is 2. The van der Waals surface area contributed by atoms with E-state index < -0.39 is 0 Å². The second-order valence-corrected chi connectivity index (χ2v) is 6.86. The summed E-state index contributed by atoms with van der Waals surface area (Å²) in [6.07, 6.45) is 8.93. The first-order valence-electron chi connectivity index (χ1n) is 8.56. The molecule has 0 aliphatic heterocycles. The van der Waals surface area contributed by atoms with Gasteiger partial charge in [-0.3, -0.25) is 9.59 Å². The van der Waals surface area contributed by atoms with Crippen molar-refractivity contribution >= 4 is 19.7 Å². The molecule has 120 valence electrons. The molecule has 0 radical (unpaired) electrons. The summed E-state index contributed by atoms with van der Waals surface area (Å²) in [5.74, 6) is 0.803. The summed E-state index contributed by atoms with van der Waals surface area (Å²) >= 11 is 0. The van der Waals surface area contributed by atoms with Crippen LogP contribution in [-0.4, -0.2) is 32.1 Å². The van der Waals surface area contributed by atoms with Crippen LogP contribution in [0.15, 0.2) is 0 Å². The van der Waals surface area contributed by atoms with Crippen molar-refractivity contribution in [1.29, 1.82) is 0 Å². The number of rotatable bonds is 6. The number of nitrogens with one attached hydrogen (secondary N) is 2. The lowest BCUT2D eigenvalue weighted by atomic mass is 9.88. The zero-order valence-corrected chi connectivity index (χ0v) is 13.9. The lowest BCUT2D eigenvalue weighted by Gasteiger charge is -2.20. The molecule has 2 N–H and O–H groups in total. The maximum Gasteiger partial charge on any atom is 0.238 e. The highest BCUT2D eigenvalue weighted by Gasteiger charge is 2.20. The number of carbonyl (C=O) groups excluding carboxylic acids is 2. The third-order valence-electron chi connectivity index (χ3n) is 4.13. The van der Waals surface area contributed by atoms with Crippen LogP contribution < -0.4 is 10.6 Å². The largest absolute Gasteiger partial charge is 0.360 e. The smallest absolute Gasteiger partial charge is 0.238 e. The van der Waals surface area contributed by atoms with Crippen LogP contribution in [0.1, 0.15) is 65.2 Å². The monoisotopic (exact) mass is 294 g/mol. The van der Waals surface area contributed by atoms with Crippen LogP contribution in [0.5, 0.6) is 0 Å². The average Bonchev–Trinajstić information content (AvgIpc) is 2.34. The van der Waals surface area contributed by atoms with E-state index in [2.05, 4.69) is 24.5 Å². The van der Waals surface area contributed by atoms with Crippen LogP contribution in [0.3, 0.4) is 0 Å². The van der Waals surface area contributed by atoms with Gasteiger partial charge in [0.2, 0.25) is 11.8 Å². The molecule has 1 rings (SSSR count). The molecule has 1 fully saturated rings. The molecule has 0 aromatic rings. The van der Waals surface area contributed by atoms with Crippen molar-refractivity contribution in [2.45, 2.75) is 71.2 Å². The van der Waals surface area contributed by atoms with E-state index in [1.54, 1.807) is 0 Å². The minimum atomic E-state index is -0.0812. The fourth-order valence-electron chi connectivity index (χ4n) is 3.12. The van der Waals surface area contributed by atoms with Gasteiger partial charge in [-0.15, -0.1) is 0 Å². The molecule has 0 spiro atoms. The Kier molecular flexibility index (Phi) is 8.47. The van der Waals surface area contributed by atoms with Crippen LogP contribution in [0, 0.1) is 11.8 Å². The normalized spacial score (nSPS) is 18.6. The average molecular weight is 294 g/mol. The maximum atomic E-state index is 12.1. The molecule has 5 heteroatoms. The van der Waals surface area contributed by atoms with Crippen molar-refractivity contribution in [3.05, 3.63) is 0 Å². The lowest BCUT2D eigenvalue weighted by Crippen LogP contribution is -2.44. The highest BCUT2D eigenvalue weighted by molar-refractivity contribution is 6.13. The van der Waals surface area contributed by atoms with Crippen molar-refractivity contribution < 1.29 is 9.59 Å². The second kappa shape index (κ2) is 9.85. The standard InChI is InChI=1S/C16H31BN2O2/c1-12(2)10-14(17)19-15(20)11-18-16(21)13-8-6-4-3-5-7-9-13/h12-14H,3-11,17H2,1-2H3,(H,18,21)(H,19,20)/t14-/m0/s1. The molecule has 0 heterocycles. The molecule has 2 amide bonds. The molecule has 0 unspecified atom stereocenters. The molecule has 1 saturated carbocycles. The highest BCUT2D eigenvalue weighted by Crippen LogP contribution is 2.22. The van der Waals surface area contributed by atoms with Crippen molar-refractivity contribution in [3.8, 4) is 0 Å². The Morgan fingerprint density at radius 3 is 2.24 bits per heavy atom. The van der Waals surface area contributed by atoms with E-state index in [1.807, 2.05) is 7.85 Å². The maximum absolute atomic E-state index is 12.1. The topological polar surface area (TPSA) is 58.2 Å². The van der Waals surface area contributed by atoms with Crippen LogP contribution in [0.2, 0.25) is 0 Å². The van der Waals surface area contributed by atoms with E-state index in [9.17, 15) is 9.59 Å². The van der Waals surface area contributed by atoms with Gasteiger partial charge >= 0.3 is 0 Å². The Balaban J connectivity index is 2.25. The van der Waals surface area contributed by atoms with Gasteiger partial charge in [0.15, 0.2) is 0 Å². The van der Waals surface area contributed by atoms with Gasteiger partial charge in [-0.2, -0.15) is 0 Å². The summed E-state index contributed by atoms with van der Waals surface area (Å²) in [5.41, 5.74) is 0. The summed E-state index contributed by atoms with van der Waals surface area (Å²) in [5, 5.41) is 5.75. The number of amides is 2. The van der Waals surface area contributed by atoms with E-state index >= 15 is 0 Å². The molecule has 0 saturated heterocycles. The third-order valence-corrected chi connectivity index (χ3v) is 4.13. The van der Waals surface area contributed by atoms with Crippen LogP contribution in [0.25, 0.3) is 0 Å². The molecule has 0 bridgehead atoms. The Morgan fingerprint density at radius 1 is 1.10 bits per heavy atom. The molecule has 0 aromatic heterocycles. The van der Waals surface area contributed by atoms with E-state index in [4.69, 9.17) is 0 Å². The predicted octanol–water partition coefficient (Wildman–Crippen LogP) is 1.58. The van der Waals surface area contributed by atoms with Gasteiger partial charge in [-0.1, -0.05) is 46.0 Å². The van der Waals surface area contributed by atoms with Crippen molar-refractivity contribution in [1.82, 2.24) is 10.6 Å². The summed E-state index contributed by atoms with van der Waals surface area (Å²) in [4.78, 5) is 24.0. The summed E-state index contributed by atoms with van der Waals surface area (Å²) in [7, 11) is 2.01.